The minimum atomic E-state index is -1.22. The van der Waals surface area contributed by atoms with Gasteiger partial charge in [-0.1, -0.05) is 38.3 Å². The Bertz CT molecular complexity index is 490. The van der Waals surface area contributed by atoms with Gasteiger partial charge in [0.25, 0.3) is 0 Å². The van der Waals surface area contributed by atoms with Gasteiger partial charge in [0.15, 0.2) is 5.41 Å². The standard InChI is InChI=1S/C17H23NO3/c1-4-6-7-12-17(13-18,16(19)21-5-2)14-8-10-15(20-3)11-9-14/h8-11H,4-7,12H2,1-3H3. The van der Waals surface area contributed by atoms with Gasteiger partial charge in [0.1, 0.15) is 5.75 Å². The van der Waals surface area contributed by atoms with Crippen molar-refractivity contribution in [2.75, 3.05) is 13.7 Å². The van der Waals surface area contributed by atoms with Crippen LogP contribution < -0.4 is 4.74 Å². The van der Waals surface area contributed by atoms with Gasteiger partial charge in [-0.3, -0.25) is 0 Å². The number of nitriles is 1. The average molecular weight is 289 g/mol. The van der Waals surface area contributed by atoms with E-state index in [1.807, 2.05) is 0 Å². The number of ether oxygens (including phenoxy) is 2. The van der Waals surface area contributed by atoms with Crippen LogP contribution in [-0.4, -0.2) is 19.7 Å². The second kappa shape index (κ2) is 8.31. The third-order valence-electron chi connectivity index (χ3n) is 3.55. The van der Waals surface area contributed by atoms with Gasteiger partial charge in [0.2, 0.25) is 0 Å². The van der Waals surface area contributed by atoms with E-state index in [-0.39, 0.29) is 6.61 Å². The van der Waals surface area contributed by atoms with Crippen LogP contribution in [0.15, 0.2) is 24.3 Å². The van der Waals surface area contributed by atoms with Crippen molar-refractivity contribution in [2.45, 2.75) is 44.9 Å². The summed E-state index contributed by atoms with van der Waals surface area (Å²) in [5.74, 6) is 0.233. The average Bonchev–Trinajstić information content (AvgIpc) is 2.52. The SMILES string of the molecule is CCCCCC(C#N)(C(=O)OCC)c1ccc(OC)cc1. The van der Waals surface area contributed by atoms with Crippen LogP contribution in [0.5, 0.6) is 5.75 Å². The van der Waals surface area contributed by atoms with E-state index in [1.165, 1.54) is 0 Å². The number of hydrogen-bond donors (Lipinski definition) is 0. The molecular weight excluding hydrogens is 266 g/mol. The fourth-order valence-corrected chi connectivity index (χ4v) is 2.30. The number of rotatable bonds is 8. The molecular formula is C17H23NO3. The summed E-state index contributed by atoms with van der Waals surface area (Å²) in [4.78, 5) is 12.4. The van der Waals surface area contributed by atoms with Crippen molar-refractivity contribution in [3.05, 3.63) is 29.8 Å². The topological polar surface area (TPSA) is 59.3 Å². The molecule has 0 aromatic heterocycles. The van der Waals surface area contributed by atoms with Crippen LogP contribution in [0.2, 0.25) is 0 Å². The number of nitrogens with zero attached hydrogens (tertiary/aromatic N) is 1. The van der Waals surface area contributed by atoms with Gasteiger partial charge in [-0.2, -0.15) is 5.26 Å². The van der Waals surface area contributed by atoms with Crippen molar-refractivity contribution in [1.29, 1.82) is 5.26 Å². The second-order valence-electron chi connectivity index (χ2n) is 4.92. The number of carbonyl (C=O) groups is 1. The lowest BCUT2D eigenvalue weighted by atomic mass is 9.77. The smallest absolute Gasteiger partial charge is 0.331 e. The molecule has 1 aromatic rings. The molecule has 114 valence electrons. The summed E-state index contributed by atoms with van der Waals surface area (Å²) >= 11 is 0. The molecule has 0 N–H and O–H groups in total. The molecule has 1 aromatic carbocycles. The molecule has 0 saturated heterocycles. The zero-order chi connectivity index (χ0) is 15.7. The Morgan fingerprint density at radius 3 is 2.38 bits per heavy atom. The molecule has 0 aliphatic rings. The highest BCUT2D eigenvalue weighted by Crippen LogP contribution is 2.32. The number of hydrogen-bond acceptors (Lipinski definition) is 4. The Morgan fingerprint density at radius 1 is 1.24 bits per heavy atom. The minimum Gasteiger partial charge on any atom is -0.497 e. The first-order chi connectivity index (χ1) is 10.1. The molecule has 0 heterocycles. The highest BCUT2D eigenvalue weighted by Gasteiger charge is 2.41. The lowest BCUT2D eigenvalue weighted by Gasteiger charge is -2.25. The lowest BCUT2D eigenvalue weighted by Crippen LogP contribution is -2.36. The monoisotopic (exact) mass is 289 g/mol. The van der Waals surface area contributed by atoms with Crippen molar-refractivity contribution < 1.29 is 14.3 Å². The van der Waals surface area contributed by atoms with E-state index in [0.717, 1.165) is 19.3 Å². The summed E-state index contributed by atoms with van der Waals surface area (Å²) < 4.78 is 10.3. The first kappa shape index (κ1) is 17.0. The summed E-state index contributed by atoms with van der Waals surface area (Å²) in [6.45, 7) is 4.11. The van der Waals surface area contributed by atoms with Crippen molar-refractivity contribution in [3.8, 4) is 11.8 Å². The van der Waals surface area contributed by atoms with Crippen LogP contribution in [0.1, 0.15) is 45.1 Å². The van der Waals surface area contributed by atoms with E-state index in [9.17, 15) is 10.1 Å². The third kappa shape index (κ3) is 3.98. The van der Waals surface area contributed by atoms with Gasteiger partial charge in [0.05, 0.1) is 19.8 Å². The number of benzene rings is 1. The molecule has 0 spiro atoms. The zero-order valence-corrected chi connectivity index (χ0v) is 13.0. The van der Waals surface area contributed by atoms with E-state index in [4.69, 9.17) is 9.47 Å². The number of carbonyl (C=O) groups excluding carboxylic acids is 1. The fraction of sp³-hybridized carbons (Fsp3) is 0.529. The van der Waals surface area contributed by atoms with Gasteiger partial charge in [-0.25, -0.2) is 4.79 Å². The Kier molecular flexibility index (Phi) is 6.74. The minimum absolute atomic E-state index is 0.270. The molecule has 0 radical (unpaired) electrons. The van der Waals surface area contributed by atoms with Crippen LogP contribution in [0, 0.1) is 11.3 Å². The summed E-state index contributed by atoms with van der Waals surface area (Å²) in [5.41, 5.74) is -0.558. The van der Waals surface area contributed by atoms with Crippen LogP contribution in [-0.2, 0) is 14.9 Å². The van der Waals surface area contributed by atoms with Crippen LogP contribution in [0.3, 0.4) is 0 Å². The lowest BCUT2D eigenvalue weighted by molar-refractivity contribution is -0.148. The molecule has 4 heteroatoms. The Hall–Kier alpha value is -2.02. The van der Waals surface area contributed by atoms with Crippen LogP contribution >= 0.6 is 0 Å². The van der Waals surface area contributed by atoms with Crippen molar-refractivity contribution >= 4 is 5.97 Å². The van der Waals surface area contributed by atoms with Gasteiger partial charge in [-0.05, 0) is 31.0 Å². The van der Waals surface area contributed by atoms with Crippen molar-refractivity contribution in [3.63, 3.8) is 0 Å². The molecule has 0 saturated carbocycles. The second-order valence-corrected chi connectivity index (χ2v) is 4.92. The van der Waals surface area contributed by atoms with Gasteiger partial charge >= 0.3 is 5.97 Å². The highest BCUT2D eigenvalue weighted by atomic mass is 16.5. The molecule has 4 nitrogen and oxygen atoms in total. The number of esters is 1. The molecule has 0 bridgehead atoms. The van der Waals surface area contributed by atoms with E-state index in [0.29, 0.717) is 17.7 Å². The zero-order valence-electron chi connectivity index (χ0n) is 13.0. The van der Waals surface area contributed by atoms with E-state index in [1.54, 1.807) is 38.3 Å². The molecule has 1 rings (SSSR count). The van der Waals surface area contributed by atoms with Gasteiger partial charge in [0, 0.05) is 0 Å². The quantitative estimate of drug-likeness (QED) is 0.542. The fourth-order valence-electron chi connectivity index (χ4n) is 2.30. The number of methoxy groups -OCH3 is 1. The molecule has 21 heavy (non-hydrogen) atoms. The van der Waals surface area contributed by atoms with Gasteiger partial charge in [-0.15, -0.1) is 0 Å². The van der Waals surface area contributed by atoms with E-state index in [2.05, 4.69) is 13.0 Å². The van der Waals surface area contributed by atoms with Gasteiger partial charge < -0.3 is 9.47 Å². The molecule has 0 aliphatic heterocycles. The Labute approximate surface area is 126 Å². The van der Waals surface area contributed by atoms with Crippen molar-refractivity contribution in [2.24, 2.45) is 0 Å². The summed E-state index contributed by atoms with van der Waals surface area (Å²) in [6, 6.07) is 9.26. The maximum absolute atomic E-state index is 12.4. The molecule has 1 unspecified atom stereocenters. The Balaban J connectivity index is 3.14. The van der Waals surface area contributed by atoms with E-state index >= 15 is 0 Å². The summed E-state index contributed by atoms with van der Waals surface area (Å²) in [6.07, 6.45) is 3.31. The van der Waals surface area contributed by atoms with Crippen LogP contribution in [0.25, 0.3) is 0 Å². The highest BCUT2D eigenvalue weighted by molar-refractivity contribution is 5.86. The molecule has 1 atom stereocenters. The van der Waals surface area contributed by atoms with Crippen LogP contribution in [0.4, 0.5) is 0 Å². The predicted molar refractivity (Wildman–Crippen MR) is 81.1 cm³/mol. The Morgan fingerprint density at radius 2 is 1.90 bits per heavy atom. The third-order valence-corrected chi connectivity index (χ3v) is 3.55. The largest absolute Gasteiger partial charge is 0.497 e. The molecule has 0 fully saturated rings. The molecule has 0 amide bonds. The number of unbranched alkanes of at least 4 members (excludes halogenated alkanes) is 2. The molecule has 0 aliphatic carbocycles. The summed E-state index contributed by atoms with van der Waals surface area (Å²) in [5, 5.41) is 9.67. The first-order valence-corrected chi connectivity index (χ1v) is 7.37. The normalized spacial score (nSPS) is 13.0. The first-order valence-electron chi connectivity index (χ1n) is 7.37. The predicted octanol–water partition coefficient (Wildman–Crippen LogP) is 3.60. The maximum Gasteiger partial charge on any atom is 0.331 e. The maximum atomic E-state index is 12.4. The van der Waals surface area contributed by atoms with Crippen molar-refractivity contribution in [1.82, 2.24) is 0 Å². The van der Waals surface area contributed by atoms with E-state index < -0.39 is 11.4 Å². The summed E-state index contributed by atoms with van der Waals surface area (Å²) in [7, 11) is 1.58.